The number of fused-ring (bicyclic) bond motifs is 10. The van der Waals surface area contributed by atoms with Crippen molar-refractivity contribution in [2.45, 2.75) is 78.6 Å². The normalized spacial score (nSPS) is 13.8. The minimum atomic E-state index is -0.111. The van der Waals surface area contributed by atoms with Gasteiger partial charge in [-0.3, -0.25) is 0 Å². The molecule has 0 unspecified atom stereocenters. The van der Waals surface area contributed by atoms with E-state index in [9.17, 15) is 0 Å². The first kappa shape index (κ1) is 38.8. The fourth-order valence-corrected chi connectivity index (χ4v) is 11.3. The molecule has 11 rings (SSSR count). The van der Waals surface area contributed by atoms with Gasteiger partial charge in [0.05, 0.1) is 5.69 Å². The van der Waals surface area contributed by atoms with Gasteiger partial charge < -0.3 is 9.71 Å². The Morgan fingerprint density at radius 3 is 1.71 bits per heavy atom. The van der Waals surface area contributed by atoms with Gasteiger partial charge in [0, 0.05) is 43.3 Å². The molecule has 0 saturated carbocycles. The maximum atomic E-state index is 2.69. The predicted molar refractivity (Wildman–Crippen MR) is 272 cm³/mol. The predicted octanol–water partition coefficient (Wildman–Crippen LogP) is 15.5. The van der Waals surface area contributed by atoms with Crippen molar-refractivity contribution in [3.8, 4) is 22.3 Å². The lowest BCUT2D eigenvalue weighted by molar-refractivity contribution is 0.590. The fraction of sp³-hybridized carbons (Fsp3) is 0.207. The average Bonchev–Trinajstić information content (AvgIpc) is 3.64. The Bertz CT molecular complexity index is 3250. The number of hydrogen-bond acceptors (Lipinski definition) is 3. The molecule has 0 saturated heterocycles. The van der Waals surface area contributed by atoms with E-state index in [4.69, 9.17) is 0 Å². The molecule has 3 heterocycles. The second kappa shape index (κ2) is 13.7. The standard InChI is InChI=1S/C58H53BN2S/c1-56(2,3)38-23-27-41(28-24-38)61-47-30-26-40(58(7,8)9)35-45(47)52-42-20-14-13-19-37(42)33-49-55(52)59(61)54-48(31-32-51-53(54)43-21-15-16-22-50(43)62-51)60(49)46-29-25-39(57(4,5)6)34-44(46)36-17-11-10-12-18-36/h10-35H,1-9H3. The Balaban J connectivity index is 1.33. The largest absolute Gasteiger partial charge is 0.376 e. The minimum Gasteiger partial charge on any atom is -0.376 e. The van der Waals surface area contributed by atoms with E-state index in [1.54, 1.807) is 0 Å². The molecule has 9 aromatic rings. The molecule has 0 radical (unpaired) electrons. The van der Waals surface area contributed by atoms with Crippen molar-refractivity contribution >= 4 is 88.5 Å². The van der Waals surface area contributed by atoms with E-state index in [0.29, 0.717) is 0 Å². The summed E-state index contributed by atoms with van der Waals surface area (Å²) in [7, 11) is 0. The zero-order valence-corrected chi connectivity index (χ0v) is 38.2. The molecule has 0 atom stereocenters. The van der Waals surface area contributed by atoms with Gasteiger partial charge in [-0.15, -0.1) is 11.3 Å². The smallest absolute Gasteiger partial charge is 0.333 e. The van der Waals surface area contributed by atoms with Crippen LogP contribution in [-0.2, 0) is 16.2 Å². The molecule has 0 amide bonds. The zero-order valence-electron chi connectivity index (χ0n) is 37.4. The average molecular weight is 821 g/mol. The molecule has 0 bridgehead atoms. The number of nitrogens with zero attached hydrogens (tertiary/aromatic N) is 2. The van der Waals surface area contributed by atoms with E-state index in [-0.39, 0.29) is 23.1 Å². The summed E-state index contributed by atoms with van der Waals surface area (Å²) in [6.07, 6.45) is 0. The Kier molecular flexibility index (Phi) is 8.57. The van der Waals surface area contributed by atoms with E-state index in [1.165, 1.54) is 109 Å². The molecule has 8 aromatic carbocycles. The summed E-state index contributed by atoms with van der Waals surface area (Å²) in [5.74, 6) is 0. The highest BCUT2D eigenvalue weighted by Gasteiger charge is 2.47. The van der Waals surface area contributed by atoms with Crippen LogP contribution in [0.25, 0.3) is 53.2 Å². The molecule has 0 fully saturated rings. The molecular weight excluding hydrogens is 768 g/mol. The third kappa shape index (κ3) is 5.98. The van der Waals surface area contributed by atoms with E-state index < -0.39 is 0 Å². The Labute approximate surface area is 371 Å². The van der Waals surface area contributed by atoms with Crippen molar-refractivity contribution in [3.63, 3.8) is 0 Å². The number of benzene rings is 8. The molecule has 304 valence electrons. The molecule has 1 aromatic heterocycles. The fourth-order valence-electron chi connectivity index (χ4n) is 10.2. The summed E-state index contributed by atoms with van der Waals surface area (Å²) < 4.78 is 2.64. The van der Waals surface area contributed by atoms with Crippen molar-refractivity contribution in [1.82, 2.24) is 0 Å². The van der Waals surface area contributed by atoms with E-state index in [0.717, 1.165) is 0 Å². The Morgan fingerprint density at radius 1 is 0.435 bits per heavy atom. The van der Waals surface area contributed by atoms with Gasteiger partial charge in [0.2, 0.25) is 0 Å². The van der Waals surface area contributed by atoms with Gasteiger partial charge in [-0.2, -0.15) is 0 Å². The summed E-state index contributed by atoms with van der Waals surface area (Å²) in [5, 5.41) is 5.21. The van der Waals surface area contributed by atoms with Gasteiger partial charge in [-0.25, -0.2) is 0 Å². The van der Waals surface area contributed by atoms with Crippen LogP contribution >= 0.6 is 11.3 Å². The van der Waals surface area contributed by atoms with Crippen molar-refractivity contribution < 1.29 is 0 Å². The maximum absolute atomic E-state index is 2.69. The molecule has 2 aliphatic rings. The highest BCUT2D eigenvalue weighted by molar-refractivity contribution is 7.26. The summed E-state index contributed by atoms with van der Waals surface area (Å²) in [5.41, 5.74) is 17.9. The molecule has 2 nitrogen and oxygen atoms in total. The van der Waals surface area contributed by atoms with Crippen LogP contribution in [0.15, 0.2) is 158 Å². The van der Waals surface area contributed by atoms with Crippen LogP contribution in [0, 0.1) is 0 Å². The molecule has 0 aliphatic carbocycles. The summed E-state index contributed by atoms with van der Waals surface area (Å²) in [4.78, 5) is 5.33. The molecule has 0 spiro atoms. The number of anilines is 5. The highest BCUT2D eigenvalue weighted by atomic mass is 32.1. The van der Waals surface area contributed by atoms with Crippen LogP contribution in [0.4, 0.5) is 28.4 Å². The monoisotopic (exact) mass is 820 g/mol. The Morgan fingerprint density at radius 2 is 1.02 bits per heavy atom. The molecule has 0 N–H and O–H groups in total. The van der Waals surface area contributed by atoms with Gasteiger partial charge in [-0.05, 0) is 137 Å². The van der Waals surface area contributed by atoms with Crippen LogP contribution in [0.5, 0.6) is 0 Å². The van der Waals surface area contributed by atoms with Crippen molar-refractivity contribution in [1.29, 1.82) is 0 Å². The lowest BCUT2D eigenvalue weighted by Gasteiger charge is -2.47. The van der Waals surface area contributed by atoms with Gasteiger partial charge in [0.1, 0.15) is 0 Å². The van der Waals surface area contributed by atoms with Gasteiger partial charge >= 0.3 is 6.85 Å². The van der Waals surface area contributed by atoms with Crippen molar-refractivity contribution in [2.75, 3.05) is 9.71 Å². The Hall–Kier alpha value is -6.10. The van der Waals surface area contributed by atoms with E-state index in [1.807, 2.05) is 11.3 Å². The lowest BCUT2D eigenvalue weighted by Crippen LogP contribution is -2.61. The van der Waals surface area contributed by atoms with E-state index in [2.05, 4.69) is 230 Å². The minimum absolute atomic E-state index is 0.0195. The van der Waals surface area contributed by atoms with Gasteiger partial charge in [-0.1, -0.05) is 159 Å². The van der Waals surface area contributed by atoms with Crippen LogP contribution in [0.3, 0.4) is 0 Å². The first-order valence-corrected chi connectivity index (χ1v) is 23.0. The van der Waals surface area contributed by atoms with Crippen LogP contribution in [-0.4, -0.2) is 6.85 Å². The van der Waals surface area contributed by atoms with Crippen LogP contribution in [0.2, 0.25) is 0 Å². The number of hydrogen-bond donors (Lipinski definition) is 0. The third-order valence-electron chi connectivity index (χ3n) is 13.5. The first-order chi connectivity index (χ1) is 29.7. The number of rotatable bonds is 3. The second-order valence-electron chi connectivity index (χ2n) is 20.6. The molecule has 4 heteroatoms. The molecule has 62 heavy (non-hydrogen) atoms. The van der Waals surface area contributed by atoms with Gasteiger partial charge in [0.25, 0.3) is 0 Å². The van der Waals surface area contributed by atoms with Crippen molar-refractivity contribution in [2.24, 2.45) is 0 Å². The SMILES string of the molecule is CC(C)(C)c1ccc(N2B3c4c(cc5ccccc5c4-c4cc(C(C)(C)C)ccc42)N(c2ccc(C(C)(C)C)cc2-c2ccccc2)c2ccc4sc5ccccc5c4c23)cc1. The summed E-state index contributed by atoms with van der Waals surface area (Å²) in [6.45, 7) is 20.8. The zero-order chi connectivity index (χ0) is 42.9. The second-order valence-corrected chi connectivity index (χ2v) is 21.7. The van der Waals surface area contributed by atoms with Crippen molar-refractivity contribution in [3.05, 3.63) is 174 Å². The van der Waals surface area contributed by atoms with E-state index >= 15 is 0 Å². The third-order valence-corrected chi connectivity index (χ3v) is 14.6. The molecule has 2 aliphatic heterocycles. The van der Waals surface area contributed by atoms with Gasteiger partial charge in [0.15, 0.2) is 0 Å². The maximum Gasteiger partial charge on any atom is 0.333 e. The number of thiophene rings is 1. The quantitative estimate of drug-likeness (QED) is 0.164. The van der Waals surface area contributed by atoms with Crippen LogP contribution in [0.1, 0.15) is 79.0 Å². The first-order valence-electron chi connectivity index (χ1n) is 22.2. The summed E-state index contributed by atoms with van der Waals surface area (Å²) in [6, 6.07) is 60.5. The van der Waals surface area contributed by atoms with Crippen LogP contribution < -0.4 is 20.6 Å². The molecular formula is C58H53BN2S. The highest BCUT2D eigenvalue weighted by Crippen LogP contribution is 2.53. The topological polar surface area (TPSA) is 6.48 Å². The lowest BCUT2D eigenvalue weighted by atomic mass is 9.42. The summed E-state index contributed by atoms with van der Waals surface area (Å²) >= 11 is 1.91.